The van der Waals surface area contributed by atoms with Crippen LogP contribution < -0.4 is 10.1 Å². The van der Waals surface area contributed by atoms with E-state index in [-0.39, 0.29) is 11.8 Å². The number of halogens is 2. The zero-order valence-electron chi connectivity index (χ0n) is 11.9. The average molecular weight is 283 g/mol. The van der Waals surface area contributed by atoms with Crippen LogP contribution in [0.2, 0.25) is 0 Å². The second-order valence-electron chi connectivity index (χ2n) is 5.53. The van der Waals surface area contributed by atoms with Gasteiger partial charge in [-0.1, -0.05) is 43.9 Å². The molecule has 1 atom stereocenters. The van der Waals surface area contributed by atoms with Crippen molar-refractivity contribution < 1.29 is 13.5 Å². The average Bonchev–Trinajstić information content (AvgIpc) is 2.91. The normalized spacial score (nSPS) is 17.6. The summed E-state index contributed by atoms with van der Waals surface area (Å²) in [5, 5.41) is 3.41. The van der Waals surface area contributed by atoms with E-state index in [2.05, 4.69) is 10.1 Å². The Balaban J connectivity index is 1.85. The molecule has 0 heterocycles. The van der Waals surface area contributed by atoms with Crippen LogP contribution in [-0.4, -0.2) is 13.2 Å². The summed E-state index contributed by atoms with van der Waals surface area (Å²) in [4.78, 5) is 0. The quantitative estimate of drug-likeness (QED) is 0.794. The second-order valence-corrected chi connectivity index (χ2v) is 5.53. The molecule has 4 heteroatoms. The van der Waals surface area contributed by atoms with E-state index < -0.39 is 6.61 Å². The van der Waals surface area contributed by atoms with E-state index in [0.717, 1.165) is 18.0 Å². The standard InChI is InChI=1S/C16H23F2NO/c1-12(19-11-10-13-6-2-3-7-13)14-8-4-5-9-15(14)20-16(17)18/h4-5,8-9,12-13,16,19H,2-3,6-7,10-11H2,1H3. The lowest BCUT2D eigenvalue weighted by atomic mass is 10.0. The Morgan fingerprint density at radius 2 is 1.95 bits per heavy atom. The van der Waals surface area contributed by atoms with Crippen molar-refractivity contribution in [1.82, 2.24) is 5.32 Å². The lowest BCUT2D eigenvalue weighted by Gasteiger charge is -2.19. The largest absolute Gasteiger partial charge is 0.434 e. The molecule has 2 nitrogen and oxygen atoms in total. The van der Waals surface area contributed by atoms with Gasteiger partial charge in [0.25, 0.3) is 0 Å². The van der Waals surface area contributed by atoms with Crippen LogP contribution in [0.1, 0.15) is 50.6 Å². The van der Waals surface area contributed by atoms with Gasteiger partial charge in [0, 0.05) is 11.6 Å². The SMILES string of the molecule is CC(NCCC1CCCC1)c1ccccc1OC(F)F. The summed E-state index contributed by atoms with van der Waals surface area (Å²) in [5.41, 5.74) is 0.791. The van der Waals surface area contributed by atoms with Gasteiger partial charge in [0.1, 0.15) is 5.75 Å². The molecule has 0 bridgehead atoms. The summed E-state index contributed by atoms with van der Waals surface area (Å²) in [6, 6.07) is 7.02. The van der Waals surface area contributed by atoms with Crippen molar-refractivity contribution in [3.05, 3.63) is 29.8 Å². The van der Waals surface area contributed by atoms with Gasteiger partial charge in [-0.15, -0.1) is 0 Å². The van der Waals surface area contributed by atoms with E-state index >= 15 is 0 Å². The molecular formula is C16H23F2NO. The first-order chi connectivity index (χ1) is 9.66. The molecule has 0 aromatic heterocycles. The van der Waals surface area contributed by atoms with Gasteiger partial charge in [0.05, 0.1) is 0 Å². The molecule has 1 saturated carbocycles. The highest BCUT2D eigenvalue weighted by Crippen LogP contribution is 2.28. The maximum Gasteiger partial charge on any atom is 0.387 e. The van der Waals surface area contributed by atoms with Crippen LogP contribution in [0.3, 0.4) is 0 Å². The number of para-hydroxylation sites is 1. The van der Waals surface area contributed by atoms with E-state index in [9.17, 15) is 8.78 Å². The van der Waals surface area contributed by atoms with Crippen LogP contribution in [0.5, 0.6) is 5.75 Å². The third-order valence-corrected chi connectivity index (χ3v) is 4.08. The van der Waals surface area contributed by atoms with Crippen LogP contribution in [0.15, 0.2) is 24.3 Å². The first-order valence-corrected chi connectivity index (χ1v) is 7.44. The number of alkyl halides is 2. The molecule has 1 fully saturated rings. The van der Waals surface area contributed by atoms with Crippen molar-refractivity contribution >= 4 is 0 Å². The molecule has 1 unspecified atom stereocenters. The molecule has 1 N–H and O–H groups in total. The predicted molar refractivity (Wildman–Crippen MR) is 76.1 cm³/mol. The minimum Gasteiger partial charge on any atom is -0.434 e. The lowest BCUT2D eigenvalue weighted by Crippen LogP contribution is -2.22. The molecule has 1 aliphatic rings. The Kier molecular flexibility index (Phi) is 5.77. The van der Waals surface area contributed by atoms with E-state index in [1.807, 2.05) is 19.1 Å². The zero-order chi connectivity index (χ0) is 14.4. The first kappa shape index (κ1) is 15.2. The van der Waals surface area contributed by atoms with Gasteiger partial charge in [-0.2, -0.15) is 8.78 Å². The molecule has 0 radical (unpaired) electrons. The van der Waals surface area contributed by atoms with Gasteiger partial charge in [-0.3, -0.25) is 0 Å². The minimum absolute atomic E-state index is 0.0198. The summed E-state index contributed by atoms with van der Waals surface area (Å²) >= 11 is 0. The van der Waals surface area contributed by atoms with Gasteiger partial charge in [-0.05, 0) is 31.9 Å². The predicted octanol–water partition coefficient (Wildman–Crippen LogP) is 4.52. The van der Waals surface area contributed by atoms with Gasteiger partial charge in [-0.25, -0.2) is 0 Å². The number of benzene rings is 1. The Morgan fingerprint density at radius 3 is 2.65 bits per heavy atom. The molecular weight excluding hydrogens is 260 g/mol. The van der Waals surface area contributed by atoms with Crippen LogP contribution in [0, 0.1) is 5.92 Å². The van der Waals surface area contributed by atoms with Crippen LogP contribution in [0.4, 0.5) is 8.78 Å². The third-order valence-electron chi connectivity index (χ3n) is 4.08. The smallest absolute Gasteiger partial charge is 0.387 e. The summed E-state index contributed by atoms with van der Waals surface area (Å²) in [6.45, 7) is 0.138. The van der Waals surface area contributed by atoms with Gasteiger partial charge < -0.3 is 10.1 Å². The third kappa shape index (κ3) is 4.44. The number of ether oxygens (including phenoxy) is 1. The van der Waals surface area contributed by atoms with Crippen molar-refractivity contribution in [2.45, 2.75) is 51.7 Å². The van der Waals surface area contributed by atoms with E-state index in [1.54, 1.807) is 12.1 Å². The molecule has 0 amide bonds. The summed E-state index contributed by atoms with van der Waals surface area (Å²) in [6.07, 6.45) is 6.54. The molecule has 1 aromatic carbocycles. The summed E-state index contributed by atoms with van der Waals surface area (Å²) in [5.74, 6) is 1.10. The van der Waals surface area contributed by atoms with E-state index in [0.29, 0.717) is 0 Å². The lowest BCUT2D eigenvalue weighted by molar-refractivity contribution is -0.0506. The minimum atomic E-state index is -2.78. The Morgan fingerprint density at radius 1 is 1.25 bits per heavy atom. The van der Waals surface area contributed by atoms with Crippen LogP contribution in [0.25, 0.3) is 0 Å². The van der Waals surface area contributed by atoms with Crippen molar-refractivity contribution in [3.63, 3.8) is 0 Å². The van der Waals surface area contributed by atoms with Crippen molar-refractivity contribution in [2.24, 2.45) is 5.92 Å². The van der Waals surface area contributed by atoms with Crippen molar-refractivity contribution in [2.75, 3.05) is 6.54 Å². The molecule has 1 aromatic rings. The molecule has 0 aliphatic heterocycles. The molecule has 1 aliphatic carbocycles. The first-order valence-electron chi connectivity index (χ1n) is 7.44. The van der Waals surface area contributed by atoms with Gasteiger partial charge in [0.2, 0.25) is 0 Å². The number of nitrogens with one attached hydrogen (secondary N) is 1. The number of rotatable bonds is 7. The summed E-state index contributed by atoms with van der Waals surface area (Å²) in [7, 11) is 0. The fourth-order valence-electron chi connectivity index (χ4n) is 2.95. The maximum absolute atomic E-state index is 12.4. The molecule has 0 spiro atoms. The Labute approximate surface area is 119 Å². The second kappa shape index (κ2) is 7.58. The zero-order valence-corrected chi connectivity index (χ0v) is 11.9. The fraction of sp³-hybridized carbons (Fsp3) is 0.625. The monoisotopic (exact) mass is 283 g/mol. The molecule has 20 heavy (non-hydrogen) atoms. The Bertz CT molecular complexity index is 405. The molecule has 2 rings (SSSR count). The molecule has 112 valence electrons. The van der Waals surface area contributed by atoms with Crippen LogP contribution in [-0.2, 0) is 0 Å². The topological polar surface area (TPSA) is 21.3 Å². The fourth-order valence-corrected chi connectivity index (χ4v) is 2.95. The number of hydrogen-bond donors (Lipinski definition) is 1. The molecule has 0 saturated heterocycles. The van der Waals surface area contributed by atoms with Crippen molar-refractivity contribution in [3.8, 4) is 5.75 Å². The Hall–Kier alpha value is -1.16. The highest BCUT2D eigenvalue weighted by atomic mass is 19.3. The maximum atomic E-state index is 12.4. The number of hydrogen-bond acceptors (Lipinski definition) is 2. The van der Waals surface area contributed by atoms with E-state index in [1.165, 1.54) is 32.1 Å². The highest BCUT2D eigenvalue weighted by Gasteiger charge is 2.17. The van der Waals surface area contributed by atoms with Crippen molar-refractivity contribution in [1.29, 1.82) is 0 Å². The van der Waals surface area contributed by atoms with Gasteiger partial charge in [0.15, 0.2) is 0 Å². The van der Waals surface area contributed by atoms with E-state index in [4.69, 9.17) is 0 Å². The van der Waals surface area contributed by atoms with Crippen LogP contribution >= 0.6 is 0 Å². The highest BCUT2D eigenvalue weighted by molar-refractivity contribution is 5.35. The summed E-state index contributed by atoms with van der Waals surface area (Å²) < 4.78 is 29.3. The van der Waals surface area contributed by atoms with Gasteiger partial charge >= 0.3 is 6.61 Å².